The molecule has 1 N–H and O–H groups in total. The number of fused-ring (bicyclic) bond motifs is 2. The Bertz CT molecular complexity index is 1850. The number of benzene rings is 3. The summed E-state index contributed by atoms with van der Waals surface area (Å²) in [7, 11) is 0. The van der Waals surface area contributed by atoms with Crippen molar-refractivity contribution in [1.82, 2.24) is 0 Å². The lowest BCUT2D eigenvalue weighted by atomic mass is 9.98. The zero-order valence-electron chi connectivity index (χ0n) is 22.2. The Morgan fingerprint density at radius 3 is 2.46 bits per heavy atom. The number of para-hydroxylation sites is 1. The third-order valence-electron chi connectivity index (χ3n) is 7.42. The molecule has 8 heteroatoms. The van der Waals surface area contributed by atoms with Crippen LogP contribution in [0.4, 0.5) is 17.1 Å². The van der Waals surface area contributed by atoms with Gasteiger partial charge in [0.15, 0.2) is 5.71 Å². The molecule has 5 aromatic rings. The van der Waals surface area contributed by atoms with Gasteiger partial charge in [0.1, 0.15) is 0 Å². The van der Waals surface area contributed by atoms with E-state index in [9.17, 15) is 14.7 Å². The third kappa shape index (κ3) is 4.65. The van der Waals surface area contributed by atoms with E-state index in [1.807, 2.05) is 12.1 Å². The molecule has 7 rings (SSSR count). The molecule has 0 atom stereocenters. The van der Waals surface area contributed by atoms with Crippen molar-refractivity contribution >= 4 is 72.8 Å². The second-order valence-corrected chi connectivity index (χ2v) is 12.4. The number of aryl methyl sites for hydroxylation is 2. The minimum Gasteiger partial charge on any atom is -0.476 e. The Balaban J connectivity index is 1.17. The van der Waals surface area contributed by atoms with Crippen molar-refractivity contribution in [2.24, 2.45) is 5.10 Å². The van der Waals surface area contributed by atoms with E-state index in [4.69, 9.17) is 0 Å². The first-order chi connectivity index (χ1) is 19.9. The van der Waals surface area contributed by atoms with Crippen molar-refractivity contribution in [1.29, 1.82) is 0 Å². The van der Waals surface area contributed by atoms with Crippen molar-refractivity contribution in [2.75, 3.05) is 16.5 Å². The number of hydrogen-bond acceptors (Lipinski definition) is 6. The standard InChI is InChI=1S/C33H25N3O3S2/c1-20-9-12-23(13-10-20)35-15-5-6-21-16-22(11-14-27(21)35)28-19-30-29(41-28)18-25(40-30)17-26-31(33(38)39)34-36(32(26)37)24-7-3-2-4-8-24/h2-4,7-14,16-19H,5-6,15H2,1H3,(H,38,39)/b26-17-. The molecule has 6 nitrogen and oxygen atoms in total. The molecule has 4 heterocycles. The minimum atomic E-state index is -1.22. The SMILES string of the molecule is Cc1ccc(N2CCCc3cc(-c4cc5sc(/C=C6\C(=O)N(c7ccccc7)N=C6C(=O)O)cc5s4)ccc32)cc1. The molecule has 2 aromatic heterocycles. The van der Waals surface area contributed by atoms with Gasteiger partial charge in [0.25, 0.3) is 5.91 Å². The van der Waals surface area contributed by atoms with Gasteiger partial charge in [0.2, 0.25) is 0 Å². The molecule has 0 radical (unpaired) electrons. The number of hydrazone groups is 1. The summed E-state index contributed by atoms with van der Waals surface area (Å²) in [4.78, 5) is 29.5. The minimum absolute atomic E-state index is 0.0864. The summed E-state index contributed by atoms with van der Waals surface area (Å²) >= 11 is 3.26. The fraction of sp³-hybridized carbons (Fsp3) is 0.121. The number of amides is 1. The molecule has 0 aliphatic carbocycles. The van der Waals surface area contributed by atoms with Gasteiger partial charge in [-0.3, -0.25) is 4.79 Å². The van der Waals surface area contributed by atoms with Crippen LogP contribution in [0.3, 0.4) is 0 Å². The van der Waals surface area contributed by atoms with Crippen molar-refractivity contribution in [3.8, 4) is 10.4 Å². The smallest absolute Gasteiger partial charge is 0.357 e. The number of carbonyl (C=O) groups excluding carboxylic acids is 1. The number of carbonyl (C=O) groups is 2. The summed E-state index contributed by atoms with van der Waals surface area (Å²) in [6.45, 7) is 3.13. The van der Waals surface area contributed by atoms with Crippen LogP contribution in [-0.4, -0.2) is 29.2 Å². The highest BCUT2D eigenvalue weighted by atomic mass is 32.1. The van der Waals surface area contributed by atoms with E-state index in [-0.39, 0.29) is 11.3 Å². The van der Waals surface area contributed by atoms with Gasteiger partial charge in [-0.1, -0.05) is 42.0 Å². The van der Waals surface area contributed by atoms with E-state index < -0.39 is 11.9 Å². The maximum Gasteiger partial charge on any atom is 0.357 e. The summed E-state index contributed by atoms with van der Waals surface area (Å²) < 4.78 is 2.21. The third-order valence-corrected chi connectivity index (χ3v) is 9.71. The normalized spacial score (nSPS) is 16.0. The average molecular weight is 576 g/mol. The first-order valence-corrected chi connectivity index (χ1v) is 15.0. The fourth-order valence-electron chi connectivity index (χ4n) is 5.40. The molecular formula is C33H25N3O3S2. The molecule has 0 fully saturated rings. The molecule has 0 unspecified atom stereocenters. The van der Waals surface area contributed by atoms with Crippen LogP contribution in [0.2, 0.25) is 0 Å². The van der Waals surface area contributed by atoms with E-state index in [0.29, 0.717) is 5.69 Å². The van der Waals surface area contributed by atoms with Gasteiger partial charge >= 0.3 is 5.97 Å². The van der Waals surface area contributed by atoms with Crippen LogP contribution in [0.1, 0.15) is 22.4 Å². The number of aliphatic carboxylic acids is 1. The second-order valence-electron chi connectivity index (χ2n) is 10.2. The van der Waals surface area contributed by atoms with E-state index >= 15 is 0 Å². The van der Waals surface area contributed by atoms with Crippen LogP contribution in [0.25, 0.3) is 25.9 Å². The Kier molecular flexibility index (Phi) is 6.29. The lowest BCUT2D eigenvalue weighted by Gasteiger charge is -2.31. The molecule has 3 aromatic carbocycles. The molecule has 0 spiro atoms. The number of carboxylic acid groups (broad SMARTS) is 1. The highest BCUT2D eigenvalue weighted by Gasteiger charge is 2.35. The lowest BCUT2D eigenvalue weighted by Crippen LogP contribution is -2.24. The Morgan fingerprint density at radius 1 is 0.927 bits per heavy atom. The van der Waals surface area contributed by atoms with Crippen molar-refractivity contribution in [3.05, 3.63) is 107 Å². The summed E-state index contributed by atoms with van der Waals surface area (Å²) in [6.07, 6.45) is 3.82. The molecule has 2 aliphatic heterocycles. The number of rotatable bonds is 5. The van der Waals surface area contributed by atoms with Gasteiger partial charge < -0.3 is 10.0 Å². The maximum absolute atomic E-state index is 13.1. The van der Waals surface area contributed by atoms with Crippen LogP contribution >= 0.6 is 22.7 Å². The molecule has 0 bridgehead atoms. The first-order valence-electron chi connectivity index (χ1n) is 13.4. The molecule has 0 saturated heterocycles. The Hall–Kier alpha value is -4.53. The van der Waals surface area contributed by atoms with Gasteiger partial charge in [-0.15, -0.1) is 22.7 Å². The van der Waals surface area contributed by atoms with Crippen LogP contribution in [0.15, 0.2) is 95.6 Å². The Labute approximate surface area is 245 Å². The highest BCUT2D eigenvalue weighted by molar-refractivity contribution is 7.29. The summed E-state index contributed by atoms with van der Waals surface area (Å²) in [6, 6.07) is 28.6. The van der Waals surface area contributed by atoms with E-state index in [0.717, 1.165) is 38.7 Å². The zero-order chi connectivity index (χ0) is 28.1. The van der Waals surface area contributed by atoms with Crippen LogP contribution in [0, 0.1) is 6.92 Å². The molecule has 2 aliphatic rings. The first kappa shape index (κ1) is 25.4. The summed E-state index contributed by atoms with van der Waals surface area (Å²) in [5, 5.41) is 15.0. The zero-order valence-corrected chi connectivity index (χ0v) is 23.8. The van der Waals surface area contributed by atoms with Gasteiger partial charge in [-0.25, -0.2) is 4.79 Å². The van der Waals surface area contributed by atoms with Crippen LogP contribution in [0.5, 0.6) is 0 Å². The highest BCUT2D eigenvalue weighted by Crippen LogP contribution is 2.42. The van der Waals surface area contributed by atoms with Crippen molar-refractivity contribution in [3.63, 3.8) is 0 Å². The quantitative estimate of drug-likeness (QED) is 0.216. The van der Waals surface area contributed by atoms with E-state index in [2.05, 4.69) is 65.5 Å². The molecule has 0 saturated carbocycles. The topological polar surface area (TPSA) is 73.2 Å². The van der Waals surface area contributed by atoms with Gasteiger partial charge in [-0.2, -0.15) is 10.1 Å². The molecule has 202 valence electrons. The maximum atomic E-state index is 13.1. The van der Waals surface area contributed by atoms with Gasteiger partial charge in [-0.05, 0) is 85.5 Å². The van der Waals surface area contributed by atoms with Crippen molar-refractivity contribution < 1.29 is 14.7 Å². The van der Waals surface area contributed by atoms with E-state index in [1.54, 1.807) is 53.0 Å². The molecule has 1 amide bonds. The number of carboxylic acids is 1. The van der Waals surface area contributed by atoms with Gasteiger partial charge in [0.05, 0.1) is 11.3 Å². The van der Waals surface area contributed by atoms with E-state index in [1.165, 1.54) is 32.9 Å². The van der Waals surface area contributed by atoms with Crippen molar-refractivity contribution in [2.45, 2.75) is 19.8 Å². The molecular weight excluding hydrogens is 551 g/mol. The van der Waals surface area contributed by atoms with Crippen LogP contribution < -0.4 is 9.91 Å². The average Bonchev–Trinajstić information content (AvgIpc) is 3.65. The van der Waals surface area contributed by atoms with Gasteiger partial charge in [0, 0.05) is 37.1 Å². The Morgan fingerprint density at radius 2 is 1.71 bits per heavy atom. The number of anilines is 3. The summed E-state index contributed by atoms with van der Waals surface area (Å²) in [5.41, 5.74) is 6.70. The van der Waals surface area contributed by atoms with Crippen LogP contribution in [-0.2, 0) is 16.0 Å². The largest absolute Gasteiger partial charge is 0.476 e. The lowest BCUT2D eigenvalue weighted by molar-refractivity contribution is -0.129. The predicted molar refractivity (Wildman–Crippen MR) is 169 cm³/mol. The summed E-state index contributed by atoms with van der Waals surface area (Å²) in [5.74, 6) is -1.67. The number of thiophene rings is 2. The second kappa shape index (κ2) is 10.1. The monoisotopic (exact) mass is 575 g/mol. The molecule has 41 heavy (non-hydrogen) atoms. The number of nitrogens with zero attached hydrogens (tertiary/aromatic N) is 3. The predicted octanol–water partition coefficient (Wildman–Crippen LogP) is 7.89. The number of hydrogen-bond donors (Lipinski definition) is 1. The fourth-order valence-corrected chi connectivity index (χ4v) is 7.75.